The summed E-state index contributed by atoms with van der Waals surface area (Å²) in [5.74, 6) is -1.87. The van der Waals surface area contributed by atoms with Crippen LogP contribution in [-0.2, 0) is 16.0 Å². The summed E-state index contributed by atoms with van der Waals surface area (Å²) < 4.78 is 42.6. The van der Waals surface area contributed by atoms with Gasteiger partial charge >= 0.3 is 5.97 Å². The zero-order chi connectivity index (χ0) is 13.0. The van der Waals surface area contributed by atoms with E-state index in [2.05, 4.69) is 9.72 Å². The molecule has 0 saturated carbocycles. The first-order chi connectivity index (χ1) is 7.99. The highest BCUT2D eigenvalue weighted by molar-refractivity contribution is 5.72. The maximum absolute atomic E-state index is 13.5. The van der Waals surface area contributed by atoms with Crippen molar-refractivity contribution in [3.8, 4) is 6.07 Å². The molecule has 0 saturated heterocycles. The molecule has 17 heavy (non-hydrogen) atoms. The lowest BCUT2D eigenvalue weighted by Gasteiger charge is -2.06. The molecule has 0 fully saturated rings. The molecule has 0 bridgehead atoms. The number of nitrogens with zero attached hydrogens (tertiary/aromatic N) is 2. The second-order valence-corrected chi connectivity index (χ2v) is 3.03. The van der Waals surface area contributed by atoms with Crippen LogP contribution >= 0.6 is 0 Å². The zero-order valence-electron chi connectivity index (χ0n) is 8.71. The lowest BCUT2D eigenvalue weighted by atomic mass is 10.1. The quantitative estimate of drug-likeness (QED) is 0.760. The van der Waals surface area contributed by atoms with Crippen molar-refractivity contribution >= 4 is 5.97 Å². The molecule has 0 aliphatic rings. The lowest BCUT2D eigenvalue weighted by molar-refractivity contribution is -0.139. The van der Waals surface area contributed by atoms with Crippen LogP contribution in [0.3, 0.4) is 0 Å². The van der Waals surface area contributed by atoms with Gasteiger partial charge in [-0.15, -0.1) is 0 Å². The normalized spacial score (nSPS) is 10.1. The van der Waals surface area contributed by atoms with E-state index in [-0.39, 0.29) is 5.56 Å². The fourth-order valence-electron chi connectivity index (χ4n) is 1.15. The summed E-state index contributed by atoms with van der Waals surface area (Å²) in [6.07, 6.45) is -3.47. The molecule has 0 unspecified atom stereocenters. The van der Waals surface area contributed by atoms with Crippen LogP contribution in [-0.4, -0.2) is 18.1 Å². The summed E-state index contributed by atoms with van der Waals surface area (Å²) in [5, 5.41) is 8.53. The van der Waals surface area contributed by atoms with E-state index in [0.29, 0.717) is 0 Å². The van der Waals surface area contributed by atoms with E-state index in [1.807, 2.05) is 0 Å². The van der Waals surface area contributed by atoms with Crippen LogP contribution in [0.5, 0.6) is 0 Å². The molecule has 1 rings (SSSR count). The molecule has 0 N–H and O–H groups in total. The first-order valence-electron chi connectivity index (χ1n) is 4.44. The van der Waals surface area contributed by atoms with Crippen molar-refractivity contribution in [2.75, 3.05) is 7.11 Å². The minimum absolute atomic E-state index is 0.335. The molecule has 1 aromatic heterocycles. The number of nitriles is 1. The Bertz CT molecular complexity index is 483. The molecule has 0 atom stereocenters. The number of methoxy groups -OCH3 is 1. The van der Waals surface area contributed by atoms with Crippen molar-refractivity contribution in [3.63, 3.8) is 0 Å². The van der Waals surface area contributed by atoms with Crippen molar-refractivity contribution < 1.29 is 22.7 Å². The fraction of sp³-hybridized carbons (Fsp3) is 0.300. The number of esters is 1. The van der Waals surface area contributed by atoms with Crippen molar-refractivity contribution in [3.05, 3.63) is 28.8 Å². The zero-order valence-corrected chi connectivity index (χ0v) is 8.71. The highest BCUT2D eigenvalue weighted by Crippen LogP contribution is 2.21. The molecule has 1 aromatic rings. The second kappa shape index (κ2) is 5.30. The summed E-state index contributed by atoms with van der Waals surface area (Å²) in [7, 11) is 1.08. The second-order valence-electron chi connectivity index (χ2n) is 3.03. The van der Waals surface area contributed by atoms with Crippen LogP contribution in [0.1, 0.15) is 23.4 Å². The van der Waals surface area contributed by atoms with Crippen LogP contribution in [0.25, 0.3) is 0 Å². The average Bonchev–Trinajstić information content (AvgIpc) is 2.31. The largest absolute Gasteiger partial charge is 0.469 e. The van der Waals surface area contributed by atoms with Crippen LogP contribution in [0.2, 0.25) is 0 Å². The third-order valence-electron chi connectivity index (χ3n) is 1.94. The van der Waals surface area contributed by atoms with Crippen molar-refractivity contribution in [2.45, 2.75) is 12.8 Å². The molecule has 0 aromatic carbocycles. The van der Waals surface area contributed by atoms with Gasteiger partial charge in [-0.25, -0.2) is 18.2 Å². The molecule has 0 amide bonds. The van der Waals surface area contributed by atoms with E-state index in [4.69, 9.17) is 5.26 Å². The standard InChI is InChI=1S/C10H7F3N2O2/c1-17-8(16)3-5-2-6(10(12)13)15-7(4-14)9(5)11/h2,10H,3H2,1H3. The van der Waals surface area contributed by atoms with Gasteiger partial charge in [0.2, 0.25) is 0 Å². The Balaban J connectivity index is 3.24. The monoisotopic (exact) mass is 244 g/mol. The van der Waals surface area contributed by atoms with E-state index in [9.17, 15) is 18.0 Å². The van der Waals surface area contributed by atoms with Gasteiger partial charge in [0.25, 0.3) is 6.43 Å². The number of carbonyl (C=O) groups excluding carboxylic acids is 1. The summed E-state index contributed by atoms with van der Waals surface area (Å²) >= 11 is 0. The lowest BCUT2D eigenvalue weighted by Crippen LogP contribution is -2.09. The number of carbonyl (C=O) groups is 1. The molecule has 0 aliphatic carbocycles. The number of ether oxygens (including phenoxy) is 1. The van der Waals surface area contributed by atoms with Gasteiger partial charge in [0, 0.05) is 5.56 Å². The first kappa shape index (κ1) is 13.0. The smallest absolute Gasteiger partial charge is 0.310 e. The number of rotatable bonds is 3. The Labute approximate surface area is 94.6 Å². The van der Waals surface area contributed by atoms with E-state index >= 15 is 0 Å². The van der Waals surface area contributed by atoms with Crippen LogP contribution in [0.4, 0.5) is 13.2 Å². The average molecular weight is 244 g/mol. The van der Waals surface area contributed by atoms with Crippen LogP contribution < -0.4 is 0 Å². The fourth-order valence-corrected chi connectivity index (χ4v) is 1.15. The first-order valence-corrected chi connectivity index (χ1v) is 4.44. The number of halogens is 3. The molecule has 90 valence electrons. The van der Waals surface area contributed by atoms with Crippen molar-refractivity contribution in [1.82, 2.24) is 4.98 Å². The summed E-state index contributed by atoms with van der Waals surface area (Å²) in [5.41, 5.74) is -1.85. The maximum Gasteiger partial charge on any atom is 0.310 e. The van der Waals surface area contributed by atoms with E-state index in [0.717, 1.165) is 13.2 Å². The predicted octanol–water partition coefficient (Wildman–Crippen LogP) is 1.75. The minimum Gasteiger partial charge on any atom is -0.469 e. The number of alkyl halides is 2. The highest BCUT2D eigenvalue weighted by atomic mass is 19.3. The van der Waals surface area contributed by atoms with Gasteiger partial charge in [-0.1, -0.05) is 0 Å². The van der Waals surface area contributed by atoms with Gasteiger partial charge in [-0.2, -0.15) is 5.26 Å². The Morgan fingerprint density at radius 3 is 2.76 bits per heavy atom. The van der Waals surface area contributed by atoms with Gasteiger partial charge in [0.05, 0.1) is 13.5 Å². The number of pyridine rings is 1. The molecular formula is C10H7F3N2O2. The van der Waals surface area contributed by atoms with Crippen molar-refractivity contribution in [2.24, 2.45) is 0 Å². The Kier molecular flexibility index (Phi) is 4.04. The predicted molar refractivity (Wildman–Crippen MR) is 49.6 cm³/mol. The minimum atomic E-state index is -2.95. The van der Waals surface area contributed by atoms with Gasteiger partial charge < -0.3 is 4.74 Å². The highest BCUT2D eigenvalue weighted by Gasteiger charge is 2.19. The number of hydrogen-bond acceptors (Lipinski definition) is 4. The van der Waals surface area contributed by atoms with E-state index in [1.54, 1.807) is 0 Å². The molecule has 7 heteroatoms. The van der Waals surface area contributed by atoms with Gasteiger partial charge in [0.15, 0.2) is 11.5 Å². The van der Waals surface area contributed by atoms with Gasteiger partial charge in [0.1, 0.15) is 11.8 Å². The summed E-state index contributed by atoms with van der Waals surface area (Å²) in [6, 6.07) is 2.10. The SMILES string of the molecule is COC(=O)Cc1cc(C(F)F)nc(C#N)c1F. The van der Waals surface area contributed by atoms with Crippen molar-refractivity contribution in [1.29, 1.82) is 5.26 Å². The molecule has 0 aliphatic heterocycles. The number of hydrogen-bond donors (Lipinski definition) is 0. The molecule has 0 spiro atoms. The van der Waals surface area contributed by atoms with Crippen LogP contribution in [0, 0.1) is 17.1 Å². The Morgan fingerprint density at radius 2 is 2.29 bits per heavy atom. The summed E-state index contributed by atoms with van der Waals surface area (Å²) in [4.78, 5) is 14.1. The summed E-state index contributed by atoms with van der Waals surface area (Å²) in [6.45, 7) is 0. The van der Waals surface area contributed by atoms with E-state index < -0.39 is 36.0 Å². The van der Waals surface area contributed by atoms with Crippen LogP contribution in [0.15, 0.2) is 6.07 Å². The molecule has 4 nitrogen and oxygen atoms in total. The molecule has 0 radical (unpaired) electrons. The van der Waals surface area contributed by atoms with Gasteiger partial charge in [-0.05, 0) is 6.07 Å². The molecule has 1 heterocycles. The Hall–Kier alpha value is -2.10. The topological polar surface area (TPSA) is 63.0 Å². The third-order valence-corrected chi connectivity index (χ3v) is 1.94. The van der Waals surface area contributed by atoms with Gasteiger partial charge in [-0.3, -0.25) is 4.79 Å². The number of aromatic nitrogens is 1. The van der Waals surface area contributed by atoms with E-state index in [1.165, 1.54) is 6.07 Å². The maximum atomic E-state index is 13.5. The molecular weight excluding hydrogens is 237 g/mol. The Morgan fingerprint density at radius 1 is 1.65 bits per heavy atom. The third kappa shape index (κ3) is 2.93.